The van der Waals surface area contributed by atoms with Gasteiger partial charge in [-0.05, 0) is 89.6 Å². The second kappa shape index (κ2) is 12.2. The molecular formula is C54H33N5. The summed E-state index contributed by atoms with van der Waals surface area (Å²) in [6, 6.07) is 71.9. The molecule has 0 saturated heterocycles. The fourth-order valence-electron chi connectivity index (χ4n) is 9.58. The van der Waals surface area contributed by atoms with Gasteiger partial charge < -0.3 is 9.13 Å². The molecule has 0 amide bonds. The SMILES string of the molecule is c1ccc(-n2c3ccccc3c3ccc(-c4nc5ccccc5nc4-n4c5ccccc5c5cc6ccc(-n7c8ccccc8c8ccccc87)cc6cc54)cc32)cc1. The zero-order chi connectivity index (χ0) is 38.6. The number of hydrogen-bond acceptors (Lipinski definition) is 2. The molecule has 0 bridgehead atoms. The first-order chi connectivity index (χ1) is 29.3. The molecule has 0 radical (unpaired) electrons. The lowest BCUT2D eigenvalue weighted by molar-refractivity contribution is 1.08. The normalized spacial score (nSPS) is 12.1. The molecule has 0 aliphatic rings. The van der Waals surface area contributed by atoms with Crippen LogP contribution < -0.4 is 0 Å². The molecule has 0 unspecified atom stereocenters. The van der Waals surface area contributed by atoms with E-state index in [9.17, 15) is 0 Å². The number of benzene rings is 9. The molecule has 0 fully saturated rings. The van der Waals surface area contributed by atoms with E-state index >= 15 is 0 Å². The molecule has 0 saturated carbocycles. The lowest BCUT2D eigenvalue weighted by Gasteiger charge is -2.15. The highest BCUT2D eigenvalue weighted by Crippen LogP contribution is 2.41. The van der Waals surface area contributed by atoms with Gasteiger partial charge in [-0.3, -0.25) is 4.57 Å². The number of nitrogens with zero attached hydrogens (tertiary/aromatic N) is 5. The average Bonchev–Trinajstić information content (AvgIpc) is 3.93. The third-order valence-corrected chi connectivity index (χ3v) is 12.2. The second-order valence-corrected chi connectivity index (χ2v) is 15.4. The van der Waals surface area contributed by atoms with Gasteiger partial charge in [-0.15, -0.1) is 0 Å². The summed E-state index contributed by atoms with van der Waals surface area (Å²) in [5.41, 5.74) is 12.7. The van der Waals surface area contributed by atoms with Gasteiger partial charge in [-0.1, -0.05) is 121 Å². The molecule has 5 nitrogen and oxygen atoms in total. The Morgan fingerprint density at radius 1 is 0.288 bits per heavy atom. The maximum Gasteiger partial charge on any atom is 0.165 e. The van der Waals surface area contributed by atoms with Crippen LogP contribution in [0, 0.1) is 0 Å². The molecule has 274 valence electrons. The minimum absolute atomic E-state index is 0.800. The molecule has 0 atom stereocenters. The van der Waals surface area contributed by atoms with Crippen LogP contribution in [0.4, 0.5) is 0 Å². The molecule has 5 heteroatoms. The molecule has 0 aliphatic heterocycles. The topological polar surface area (TPSA) is 40.6 Å². The third-order valence-electron chi connectivity index (χ3n) is 12.2. The van der Waals surface area contributed by atoms with Crippen molar-refractivity contribution in [1.29, 1.82) is 0 Å². The fourth-order valence-corrected chi connectivity index (χ4v) is 9.58. The van der Waals surface area contributed by atoms with Gasteiger partial charge in [0.1, 0.15) is 5.69 Å². The van der Waals surface area contributed by atoms with Crippen molar-refractivity contribution in [2.45, 2.75) is 0 Å². The highest BCUT2D eigenvalue weighted by atomic mass is 15.1. The molecule has 0 spiro atoms. The van der Waals surface area contributed by atoms with E-state index < -0.39 is 0 Å². The predicted octanol–water partition coefficient (Wildman–Crippen LogP) is 13.7. The summed E-state index contributed by atoms with van der Waals surface area (Å²) < 4.78 is 7.09. The summed E-state index contributed by atoms with van der Waals surface area (Å²) in [6.07, 6.45) is 0. The van der Waals surface area contributed by atoms with Crippen molar-refractivity contribution in [3.05, 3.63) is 200 Å². The summed E-state index contributed by atoms with van der Waals surface area (Å²) in [5, 5.41) is 9.63. The van der Waals surface area contributed by atoms with Gasteiger partial charge in [0.15, 0.2) is 5.82 Å². The number of fused-ring (bicyclic) bond motifs is 11. The van der Waals surface area contributed by atoms with Gasteiger partial charge in [0.05, 0.1) is 44.1 Å². The van der Waals surface area contributed by atoms with Crippen molar-refractivity contribution in [3.8, 4) is 28.5 Å². The first-order valence-electron chi connectivity index (χ1n) is 20.1. The molecule has 13 aromatic rings. The highest BCUT2D eigenvalue weighted by molar-refractivity contribution is 6.15. The van der Waals surface area contributed by atoms with Gasteiger partial charge in [0.2, 0.25) is 0 Å². The summed E-state index contributed by atoms with van der Waals surface area (Å²) in [7, 11) is 0. The first kappa shape index (κ1) is 32.1. The Bertz CT molecular complexity index is 3800. The minimum Gasteiger partial charge on any atom is -0.309 e. The maximum atomic E-state index is 5.49. The second-order valence-electron chi connectivity index (χ2n) is 15.4. The highest BCUT2D eigenvalue weighted by Gasteiger charge is 2.22. The first-order valence-corrected chi connectivity index (χ1v) is 20.1. The number of para-hydroxylation sites is 7. The largest absolute Gasteiger partial charge is 0.309 e. The van der Waals surface area contributed by atoms with Gasteiger partial charge in [0, 0.05) is 49.3 Å². The van der Waals surface area contributed by atoms with E-state index in [0.29, 0.717) is 0 Å². The Balaban J connectivity index is 1.09. The summed E-state index contributed by atoms with van der Waals surface area (Å²) in [6.45, 7) is 0. The molecule has 59 heavy (non-hydrogen) atoms. The lowest BCUT2D eigenvalue weighted by atomic mass is 10.0. The van der Waals surface area contributed by atoms with Crippen molar-refractivity contribution in [1.82, 2.24) is 23.7 Å². The van der Waals surface area contributed by atoms with Crippen LogP contribution in [0.25, 0.3) is 116 Å². The van der Waals surface area contributed by atoms with E-state index in [-0.39, 0.29) is 0 Å². The zero-order valence-corrected chi connectivity index (χ0v) is 31.8. The monoisotopic (exact) mass is 751 g/mol. The Morgan fingerprint density at radius 3 is 1.46 bits per heavy atom. The zero-order valence-electron chi connectivity index (χ0n) is 31.8. The van der Waals surface area contributed by atoms with Crippen LogP contribution in [-0.2, 0) is 0 Å². The number of hydrogen-bond donors (Lipinski definition) is 0. The standard InChI is InChI=1S/C54H33N5/c1-2-14-37(15-3-1)57-47-22-10-6-18-41(47)43-29-27-35(32-51(43)57)53-54(56-46-21-9-8-20-45(46)55-53)59-50-25-13-7-19-42(50)44-31-34-26-28-38(30-36(34)33-52(44)59)58-48-23-11-4-16-39(48)40-17-5-12-24-49(40)58/h1-33H. The van der Waals surface area contributed by atoms with E-state index in [0.717, 1.165) is 61.4 Å². The van der Waals surface area contributed by atoms with Crippen LogP contribution in [0.5, 0.6) is 0 Å². The number of aromatic nitrogens is 5. The maximum absolute atomic E-state index is 5.49. The number of rotatable bonds is 4. The fraction of sp³-hybridized carbons (Fsp3) is 0. The van der Waals surface area contributed by atoms with Crippen molar-refractivity contribution < 1.29 is 0 Å². The van der Waals surface area contributed by atoms with Crippen molar-refractivity contribution in [2.24, 2.45) is 0 Å². The van der Waals surface area contributed by atoms with E-state index in [4.69, 9.17) is 9.97 Å². The van der Waals surface area contributed by atoms with Crippen LogP contribution in [0.15, 0.2) is 200 Å². The Hall–Kier alpha value is -8.02. The van der Waals surface area contributed by atoms with Crippen molar-refractivity contribution in [2.75, 3.05) is 0 Å². The van der Waals surface area contributed by atoms with Gasteiger partial charge >= 0.3 is 0 Å². The Kier molecular flexibility index (Phi) is 6.66. The van der Waals surface area contributed by atoms with E-state index in [1.54, 1.807) is 0 Å². The van der Waals surface area contributed by atoms with Crippen LogP contribution in [-0.4, -0.2) is 23.7 Å². The van der Waals surface area contributed by atoms with Crippen molar-refractivity contribution >= 4 is 87.2 Å². The van der Waals surface area contributed by atoms with Crippen molar-refractivity contribution in [3.63, 3.8) is 0 Å². The van der Waals surface area contributed by atoms with Crippen LogP contribution >= 0.6 is 0 Å². The van der Waals surface area contributed by atoms with Crippen LogP contribution in [0.1, 0.15) is 0 Å². The molecule has 0 aliphatic carbocycles. The molecule has 4 heterocycles. The van der Waals surface area contributed by atoms with Gasteiger partial charge in [-0.25, -0.2) is 9.97 Å². The van der Waals surface area contributed by atoms with Gasteiger partial charge in [0.25, 0.3) is 0 Å². The summed E-state index contributed by atoms with van der Waals surface area (Å²) in [5.74, 6) is 0.800. The molecule has 13 rings (SSSR count). The van der Waals surface area contributed by atoms with E-state index in [2.05, 4.69) is 202 Å². The smallest absolute Gasteiger partial charge is 0.165 e. The predicted molar refractivity (Wildman–Crippen MR) is 245 cm³/mol. The Morgan fingerprint density at radius 2 is 0.797 bits per heavy atom. The summed E-state index contributed by atoms with van der Waals surface area (Å²) in [4.78, 5) is 10.9. The van der Waals surface area contributed by atoms with Crippen LogP contribution in [0.3, 0.4) is 0 Å². The minimum atomic E-state index is 0.800. The van der Waals surface area contributed by atoms with Gasteiger partial charge in [-0.2, -0.15) is 0 Å². The van der Waals surface area contributed by atoms with E-state index in [1.165, 1.54) is 54.3 Å². The summed E-state index contributed by atoms with van der Waals surface area (Å²) >= 11 is 0. The third kappa shape index (κ3) is 4.67. The molecule has 0 N–H and O–H groups in total. The lowest BCUT2D eigenvalue weighted by Crippen LogP contribution is -2.04. The molecule has 9 aromatic carbocycles. The quantitative estimate of drug-likeness (QED) is 0.180. The van der Waals surface area contributed by atoms with E-state index in [1.807, 2.05) is 12.1 Å². The average molecular weight is 752 g/mol. The Labute approximate surface area is 338 Å². The van der Waals surface area contributed by atoms with Crippen LogP contribution in [0.2, 0.25) is 0 Å². The molecular weight excluding hydrogens is 719 g/mol. The molecule has 4 aromatic heterocycles.